The minimum atomic E-state index is -0.581. The molecule has 2 aromatic carbocycles. The Hall–Kier alpha value is -3.06. The van der Waals surface area contributed by atoms with Crippen molar-refractivity contribution in [2.75, 3.05) is 38.3 Å². The molecule has 2 amide bonds. The van der Waals surface area contributed by atoms with Crippen LogP contribution in [0.3, 0.4) is 0 Å². The molecule has 0 radical (unpaired) electrons. The molecule has 1 saturated heterocycles. The second kappa shape index (κ2) is 8.13. The van der Waals surface area contributed by atoms with E-state index in [0.717, 1.165) is 47.8 Å². The Morgan fingerprint density at radius 1 is 0.966 bits per heavy atom. The van der Waals surface area contributed by atoms with E-state index in [1.807, 2.05) is 50.2 Å². The number of hydrogen-bond acceptors (Lipinski definition) is 5. The zero-order valence-corrected chi connectivity index (χ0v) is 16.7. The second-order valence-corrected chi connectivity index (χ2v) is 7.53. The third kappa shape index (κ3) is 4.35. The molecule has 7 nitrogen and oxygen atoms in total. The first kappa shape index (κ1) is 19.3. The van der Waals surface area contributed by atoms with Crippen LogP contribution in [0, 0.1) is 13.8 Å². The lowest BCUT2D eigenvalue weighted by atomic mass is 10.1. The summed E-state index contributed by atoms with van der Waals surface area (Å²) >= 11 is 0. The molecule has 2 aliphatic rings. The molecule has 0 atom stereocenters. The number of carbonyl (C=O) groups is 2. The van der Waals surface area contributed by atoms with E-state index in [1.165, 1.54) is 0 Å². The Morgan fingerprint density at radius 3 is 2.52 bits per heavy atom. The van der Waals surface area contributed by atoms with Gasteiger partial charge < -0.3 is 19.7 Å². The average Bonchev–Trinajstić information content (AvgIpc) is 3.18. The molecule has 2 aliphatic heterocycles. The van der Waals surface area contributed by atoms with Gasteiger partial charge in [-0.05, 0) is 48.7 Å². The molecular formula is C22H25N3O4. The number of rotatable bonds is 3. The fraction of sp³-hybridized carbons (Fsp3) is 0.364. The standard InChI is InChI=1S/C22H25N3O4/c1-15-3-4-16(2)18(11-15)23-21(26)22(27)25-9-7-24(8-10-25)13-17-5-6-19-20(12-17)29-14-28-19/h3-6,11-12H,7-10,13-14H2,1-2H3,(H,23,26). The number of amides is 2. The van der Waals surface area contributed by atoms with Gasteiger partial charge in [-0.3, -0.25) is 14.5 Å². The van der Waals surface area contributed by atoms with E-state index >= 15 is 0 Å². The molecule has 7 heteroatoms. The van der Waals surface area contributed by atoms with Gasteiger partial charge >= 0.3 is 11.8 Å². The van der Waals surface area contributed by atoms with Gasteiger partial charge in [-0.25, -0.2) is 0 Å². The summed E-state index contributed by atoms with van der Waals surface area (Å²) in [6, 6.07) is 11.7. The fourth-order valence-electron chi connectivity index (χ4n) is 3.60. The number of fused-ring (bicyclic) bond motifs is 1. The highest BCUT2D eigenvalue weighted by Crippen LogP contribution is 2.32. The first-order valence-electron chi connectivity index (χ1n) is 9.78. The predicted octanol–water partition coefficient (Wildman–Crippen LogP) is 2.32. The van der Waals surface area contributed by atoms with Crippen LogP contribution in [0.15, 0.2) is 36.4 Å². The summed E-state index contributed by atoms with van der Waals surface area (Å²) in [5, 5.41) is 2.75. The maximum atomic E-state index is 12.6. The largest absolute Gasteiger partial charge is 0.454 e. The highest BCUT2D eigenvalue weighted by molar-refractivity contribution is 6.39. The minimum Gasteiger partial charge on any atom is -0.454 e. The van der Waals surface area contributed by atoms with Crippen LogP contribution in [-0.2, 0) is 16.1 Å². The third-order valence-electron chi connectivity index (χ3n) is 5.34. The third-order valence-corrected chi connectivity index (χ3v) is 5.34. The number of nitrogens with one attached hydrogen (secondary N) is 1. The van der Waals surface area contributed by atoms with Gasteiger partial charge in [-0.2, -0.15) is 0 Å². The molecule has 29 heavy (non-hydrogen) atoms. The fourth-order valence-corrected chi connectivity index (χ4v) is 3.60. The van der Waals surface area contributed by atoms with Gasteiger partial charge in [-0.1, -0.05) is 18.2 Å². The van der Waals surface area contributed by atoms with Crippen molar-refractivity contribution < 1.29 is 19.1 Å². The van der Waals surface area contributed by atoms with E-state index in [4.69, 9.17) is 9.47 Å². The molecule has 2 heterocycles. The lowest BCUT2D eigenvalue weighted by Gasteiger charge is -2.34. The molecule has 152 valence electrons. The Morgan fingerprint density at radius 2 is 1.72 bits per heavy atom. The Labute approximate surface area is 170 Å². The van der Waals surface area contributed by atoms with Gasteiger partial charge in [0, 0.05) is 38.4 Å². The summed E-state index contributed by atoms with van der Waals surface area (Å²) in [5.41, 5.74) is 3.80. The zero-order valence-electron chi connectivity index (χ0n) is 16.7. The molecule has 0 aromatic heterocycles. The van der Waals surface area contributed by atoms with E-state index in [1.54, 1.807) is 4.90 Å². The van der Waals surface area contributed by atoms with Crippen molar-refractivity contribution in [1.29, 1.82) is 0 Å². The molecule has 0 aliphatic carbocycles. The molecule has 0 saturated carbocycles. The number of nitrogens with zero attached hydrogens (tertiary/aromatic N) is 2. The summed E-state index contributed by atoms with van der Waals surface area (Å²) in [7, 11) is 0. The summed E-state index contributed by atoms with van der Waals surface area (Å²) in [4.78, 5) is 28.9. The van der Waals surface area contributed by atoms with Gasteiger partial charge in [0.15, 0.2) is 11.5 Å². The predicted molar refractivity (Wildman–Crippen MR) is 109 cm³/mol. The number of anilines is 1. The summed E-state index contributed by atoms with van der Waals surface area (Å²) in [6.45, 7) is 7.41. The number of hydrogen-bond donors (Lipinski definition) is 1. The van der Waals surface area contributed by atoms with Crippen molar-refractivity contribution in [2.45, 2.75) is 20.4 Å². The summed E-state index contributed by atoms with van der Waals surface area (Å²) in [6.07, 6.45) is 0. The van der Waals surface area contributed by atoms with Crippen LogP contribution in [0.2, 0.25) is 0 Å². The van der Waals surface area contributed by atoms with E-state index in [2.05, 4.69) is 10.2 Å². The molecule has 4 rings (SSSR count). The SMILES string of the molecule is Cc1ccc(C)c(NC(=O)C(=O)N2CCN(Cc3ccc4c(c3)OCO4)CC2)c1. The number of aryl methyl sites for hydroxylation is 2. The van der Waals surface area contributed by atoms with Crippen LogP contribution in [0.4, 0.5) is 5.69 Å². The lowest BCUT2D eigenvalue weighted by Crippen LogP contribution is -2.51. The number of benzene rings is 2. The quantitative estimate of drug-likeness (QED) is 0.808. The van der Waals surface area contributed by atoms with Crippen LogP contribution in [-0.4, -0.2) is 54.6 Å². The number of piperazine rings is 1. The van der Waals surface area contributed by atoms with Crippen molar-refractivity contribution in [1.82, 2.24) is 9.80 Å². The van der Waals surface area contributed by atoms with Crippen molar-refractivity contribution in [3.8, 4) is 11.5 Å². The molecule has 0 bridgehead atoms. The average molecular weight is 395 g/mol. The van der Waals surface area contributed by atoms with Crippen LogP contribution in [0.1, 0.15) is 16.7 Å². The highest BCUT2D eigenvalue weighted by Gasteiger charge is 2.26. The summed E-state index contributed by atoms with van der Waals surface area (Å²) in [5.74, 6) is 0.495. The Kier molecular flexibility index (Phi) is 5.40. The molecule has 2 aromatic rings. The molecule has 1 fully saturated rings. The zero-order chi connectivity index (χ0) is 20.4. The molecular weight excluding hydrogens is 370 g/mol. The van der Waals surface area contributed by atoms with Crippen LogP contribution >= 0.6 is 0 Å². The van der Waals surface area contributed by atoms with Gasteiger partial charge in [0.2, 0.25) is 6.79 Å². The topological polar surface area (TPSA) is 71.1 Å². The van der Waals surface area contributed by atoms with Crippen LogP contribution in [0.5, 0.6) is 11.5 Å². The summed E-state index contributed by atoms with van der Waals surface area (Å²) < 4.78 is 10.8. The van der Waals surface area contributed by atoms with E-state index in [-0.39, 0.29) is 6.79 Å². The van der Waals surface area contributed by atoms with Crippen molar-refractivity contribution >= 4 is 17.5 Å². The second-order valence-electron chi connectivity index (χ2n) is 7.53. The number of ether oxygens (including phenoxy) is 2. The highest BCUT2D eigenvalue weighted by atomic mass is 16.7. The van der Waals surface area contributed by atoms with E-state index in [9.17, 15) is 9.59 Å². The van der Waals surface area contributed by atoms with Gasteiger partial charge in [0.1, 0.15) is 0 Å². The molecule has 0 unspecified atom stereocenters. The Balaban J connectivity index is 1.30. The van der Waals surface area contributed by atoms with Gasteiger partial charge in [-0.15, -0.1) is 0 Å². The van der Waals surface area contributed by atoms with Gasteiger partial charge in [0.05, 0.1) is 0 Å². The monoisotopic (exact) mass is 395 g/mol. The van der Waals surface area contributed by atoms with E-state index in [0.29, 0.717) is 18.8 Å². The number of carbonyl (C=O) groups excluding carboxylic acids is 2. The van der Waals surface area contributed by atoms with Crippen molar-refractivity contribution in [3.05, 3.63) is 53.1 Å². The van der Waals surface area contributed by atoms with E-state index < -0.39 is 11.8 Å². The maximum Gasteiger partial charge on any atom is 0.313 e. The van der Waals surface area contributed by atoms with Crippen LogP contribution in [0.25, 0.3) is 0 Å². The Bertz CT molecular complexity index is 936. The normalized spacial score (nSPS) is 16.0. The molecule has 1 N–H and O–H groups in total. The lowest BCUT2D eigenvalue weighted by molar-refractivity contribution is -0.144. The minimum absolute atomic E-state index is 0.268. The van der Waals surface area contributed by atoms with Crippen LogP contribution < -0.4 is 14.8 Å². The van der Waals surface area contributed by atoms with Gasteiger partial charge in [0.25, 0.3) is 0 Å². The smallest absolute Gasteiger partial charge is 0.313 e. The van der Waals surface area contributed by atoms with Crippen molar-refractivity contribution in [3.63, 3.8) is 0 Å². The maximum absolute atomic E-state index is 12.6. The first-order valence-corrected chi connectivity index (χ1v) is 9.78. The molecule has 0 spiro atoms. The van der Waals surface area contributed by atoms with Crippen molar-refractivity contribution in [2.24, 2.45) is 0 Å². The first-order chi connectivity index (χ1) is 14.0.